The van der Waals surface area contributed by atoms with Crippen molar-refractivity contribution >= 4 is 32.3 Å². The first kappa shape index (κ1) is 20.9. The van der Waals surface area contributed by atoms with Crippen LogP contribution in [0.15, 0.2) is 83.9 Å². The third-order valence-electron chi connectivity index (χ3n) is 5.18. The Morgan fingerprint density at radius 3 is 2.39 bits per heavy atom. The zero-order valence-electron chi connectivity index (χ0n) is 17.5. The van der Waals surface area contributed by atoms with E-state index in [0.717, 1.165) is 16.7 Å². The number of rotatable bonds is 6. The van der Waals surface area contributed by atoms with E-state index in [1.807, 2.05) is 80.6 Å². The molecule has 158 valence electrons. The molecule has 1 amide bonds. The number of aromatic nitrogens is 1. The molecule has 0 saturated carbocycles. The highest BCUT2D eigenvalue weighted by molar-refractivity contribution is 7.90. The van der Waals surface area contributed by atoms with Crippen molar-refractivity contribution in [2.45, 2.75) is 31.0 Å². The van der Waals surface area contributed by atoms with Crippen LogP contribution >= 0.6 is 0 Å². The molecule has 0 radical (unpaired) electrons. The van der Waals surface area contributed by atoms with Gasteiger partial charge in [-0.2, -0.15) is 0 Å². The van der Waals surface area contributed by atoms with E-state index in [9.17, 15) is 13.2 Å². The highest BCUT2D eigenvalue weighted by atomic mass is 32.2. The number of anilines is 1. The highest BCUT2D eigenvalue weighted by Gasteiger charge is 2.22. The molecule has 0 bridgehead atoms. The molecule has 1 aromatic heterocycles. The molecule has 0 spiro atoms. The number of sulfone groups is 1. The molecular formula is C25H24N2O3S. The summed E-state index contributed by atoms with van der Waals surface area (Å²) in [5.74, 6) is -0.301. The summed E-state index contributed by atoms with van der Waals surface area (Å²) in [6.45, 7) is 3.94. The van der Waals surface area contributed by atoms with Crippen molar-refractivity contribution in [3.63, 3.8) is 0 Å². The normalized spacial score (nSPS) is 11.5. The van der Waals surface area contributed by atoms with Crippen LogP contribution in [0, 0.1) is 13.8 Å². The van der Waals surface area contributed by atoms with Crippen LogP contribution < -0.4 is 5.32 Å². The number of benzene rings is 3. The molecule has 0 aliphatic carbocycles. The van der Waals surface area contributed by atoms with E-state index >= 15 is 0 Å². The van der Waals surface area contributed by atoms with Crippen LogP contribution in [-0.4, -0.2) is 18.9 Å². The maximum absolute atomic E-state index is 13.2. The maximum Gasteiger partial charge on any atom is 0.244 e. The number of nitrogens with one attached hydrogen (secondary N) is 1. The van der Waals surface area contributed by atoms with E-state index in [-0.39, 0.29) is 23.1 Å². The van der Waals surface area contributed by atoms with Gasteiger partial charge in [-0.25, -0.2) is 8.42 Å². The van der Waals surface area contributed by atoms with Gasteiger partial charge in [-0.15, -0.1) is 0 Å². The smallest absolute Gasteiger partial charge is 0.244 e. The number of nitrogens with zero attached hydrogens (tertiary/aromatic N) is 1. The van der Waals surface area contributed by atoms with Crippen molar-refractivity contribution in [1.29, 1.82) is 0 Å². The molecule has 0 aliphatic heterocycles. The second-order valence-corrected chi connectivity index (χ2v) is 9.76. The second kappa shape index (κ2) is 8.40. The van der Waals surface area contributed by atoms with Gasteiger partial charge in [0.2, 0.25) is 5.91 Å². The fourth-order valence-electron chi connectivity index (χ4n) is 3.68. The summed E-state index contributed by atoms with van der Waals surface area (Å²) >= 11 is 0. The van der Waals surface area contributed by atoms with E-state index in [1.54, 1.807) is 16.8 Å². The van der Waals surface area contributed by atoms with Gasteiger partial charge in [-0.3, -0.25) is 4.79 Å². The summed E-state index contributed by atoms with van der Waals surface area (Å²) < 4.78 is 28.2. The molecule has 0 aliphatic rings. The van der Waals surface area contributed by atoms with Crippen LogP contribution in [0.4, 0.5) is 5.69 Å². The molecule has 4 rings (SSSR count). The van der Waals surface area contributed by atoms with Gasteiger partial charge in [0.15, 0.2) is 9.84 Å². The Balaban J connectivity index is 1.64. The first-order valence-electron chi connectivity index (χ1n) is 10.0. The second-order valence-electron chi connectivity index (χ2n) is 7.80. The topological polar surface area (TPSA) is 68.2 Å². The highest BCUT2D eigenvalue weighted by Crippen LogP contribution is 2.28. The molecule has 0 fully saturated rings. The first-order chi connectivity index (χ1) is 14.8. The molecule has 1 heterocycles. The third-order valence-corrected chi connectivity index (χ3v) is 6.88. The van der Waals surface area contributed by atoms with Crippen molar-refractivity contribution in [1.82, 2.24) is 4.57 Å². The predicted molar refractivity (Wildman–Crippen MR) is 124 cm³/mol. The number of para-hydroxylation sites is 1. The molecule has 0 saturated heterocycles. The van der Waals surface area contributed by atoms with Crippen molar-refractivity contribution in [2.75, 3.05) is 5.32 Å². The number of hydrogen-bond acceptors (Lipinski definition) is 3. The lowest BCUT2D eigenvalue weighted by Gasteiger charge is -2.07. The van der Waals surface area contributed by atoms with Crippen LogP contribution in [0.25, 0.3) is 10.9 Å². The molecule has 31 heavy (non-hydrogen) atoms. The van der Waals surface area contributed by atoms with Gasteiger partial charge in [0, 0.05) is 22.8 Å². The van der Waals surface area contributed by atoms with Crippen LogP contribution in [0.5, 0.6) is 0 Å². The summed E-state index contributed by atoms with van der Waals surface area (Å²) in [7, 11) is -3.59. The Morgan fingerprint density at radius 2 is 1.65 bits per heavy atom. The number of amides is 1. The predicted octanol–water partition coefficient (Wildman–Crippen LogP) is 4.87. The summed E-state index contributed by atoms with van der Waals surface area (Å²) in [4.78, 5) is 12.9. The lowest BCUT2D eigenvalue weighted by molar-refractivity contribution is -0.116. The van der Waals surface area contributed by atoms with E-state index < -0.39 is 9.84 Å². The van der Waals surface area contributed by atoms with Crippen molar-refractivity contribution in [3.05, 3.63) is 95.7 Å². The fraction of sp³-hybridized carbons (Fsp3) is 0.160. The van der Waals surface area contributed by atoms with Gasteiger partial charge < -0.3 is 9.88 Å². The Hall–Kier alpha value is -3.38. The largest absolute Gasteiger partial charge is 0.337 e. The molecule has 0 unspecified atom stereocenters. The van der Waals surface area contributed by atoms with E-state index in [4.69, 9.17) is 0 Å². The molecule has 5 nitrogen and oxygen atoms in total. The Labute approximate surface area is 182 Å². The summed E-state index contributed by atoms with van der Waals surface area (Å²) in [5.41, 5.74) is 4.29. The Morgan fingerprint density at radius 1 is 0.903 bits per heavy atom. The van der Waals surface area contributed by atoms with Crippen LogP contribution in [0.1, 0.15) is 16.7 Å². The average molecular weight is 433 g/mol. The van der Waals surface area contributed by atoms with Gasteiger partial charge in [0.05, 0.1) is 10.6 Å². The van der Waals surface area contributed by atoms with Crippen molar-refractivity contribution in [2.24, 2.45) is 0 Å². The van der Waals surface area contributed by atoms with Gasteiger partial charge in [0.1, 0.15) is 6.54 Å². The van der Waals surface area contributed by atoms with Crippen LogP contribution in [0.2, 0.25) is 0 Å². The monoisotopic (exact) mass is 432 g/mol. The standard InChI is InChI=1S/C25H24N2O3S/c1-18-10-12-21(13-11-18)26-25(28)16-27-15-24(22-8-3-4-9-23(22)27)31(29,30)17-20-7-5-6-19(2)14-20/h3-15H,16-17H2,1-2H3,(H,26,28). The summed E-state index contributed by atoms with van der Waals surface area (Å²) in [6.07, 6.45) is 1.57. The minimum atomic E-state index is -3.59. The Bertz CT molecular complexity index is 1350. The number of aryl methyl sites for hydroxylation is 2. The summed E-state index contributed by atoms with van der Waals surface area (Å²) in [5, 5.41) is 3.49. The SMILES string of the molecule is Cc1ccc(NC(=O)Cn2cc(S(=O)(=O)Cc3cccc(C)c3)c3ccccc32)cc1. The average Bonchev–Trinajstić information content (AvgIpc) is 3.09. The first-order valence-corrected chi connectivity index (χ1v) is 11.7. The van der Waals surface area contributed by atoms with E-state index in [0.29, 0.717) is 16.6 Å². The number of hydrogen-bond donors (Lipinski definition) is 1. The van der Waals surface area contributed by atoms with Crippen LogP contribution in [0.3, 0.4) is 0 Å². The molecular weight excluding hydrogens is 408 g/mol. The molecule has 1 N–H and O–H groups in total. The van der Waals surface area contributed by atoms with Crippen LogP contribution in [-0.2, 0) is 26.9 Å². The number of carbonyl (C=O) groups excluding carboxylic acids is 1. The zero-order chi connectivity index (χ0) is 22.0. The minimum absolute atomic E-state index is 0.0222. The third kappa shape index (κ3) is 4.70. The Kier molecular flexibility index (Phi) is 5.65. The van der Waals surface area contributed by atoms with Gasteiger partial charge >= 0.3 is 0 Å². The number of fused-ring (bicyclic) bond motifs is 1. The lowest BCUT2D eigenvalue weighted by atomic mass is 10.2. The molecule has 4 aromatic rings. The van der Waals surface area contributed by atoms with Gasteiger partial charge in [-0.05, 0) is 37.6 Å². The van der Waals surface area contributed by atoms with Crippen molar-refractivity contribution < 1.29 is 13.2 Å². The molecule has 6 heteroatoms. The van der Waals surface area contributed by atoms with Gasteiger partial charge in [0.25, 0.3) is 0 Å². The fourth-order valence-corrected chi connectivity index (χ4v) is 5.25. The van der Waals surface area contributed by atoms with E-state index in [2.05, 4.69) is 5.32 Å². The number of carbonyl (C=O) groups is 1. The quantitative estimate of drug-likeness (QED) is 0.473. The maximum atomic E-state index is 13.2. The zero-order valence-corrected chi connectivity index (χ0v) is 18.3. The van der Waals surface area contributed by atoms with E-state index in [1.165, 1.54) is 0 Å². The van der Waals surface area contributed by atoms with Crippen molar-refractivity contribution in [3.8, 4) is 0 Å². The summed E-state index contributed by atoms with van der Waals surface area (Å²) in [6, 6.07) is 22.3. The minimum Gasteiger partial charge on any atom is -0.337 e. The van der Waals surface area contributed by atoms with Gasteiger partial charge in [-0.1, -0.05) is 65.7 Å². The lowest BCUT2D eigenvalue weighted by Crippen LogP contribution is -2.18. The molecule has 0 atom stereocenters. The molecule has 3 aromatic carbocycles.